The van der Waals surface area contributed by atoms with Crippen LogP contribution in [0.5, 0.6) is 0 Å². The Morgan fingerprint density at radius 2 is 2.37 bits per heavy atom. The number of nitrogens with one attached hydrogen (secondary N) is 1. The van der Waals surface area contributed by atoms with Crippen molar-refractivity contribution in [3.63, 3.8) is 0 Å². The van der Waals surface area contributed by atoms with Gasteiger partial charge in [0.1, 0.15) is 12.0 Å². The number of nitrogens with zero attached hydrogens (tertiary/aromatic N) is 1. The van der Waals surface area contributed by atoms with Gasteiger partial charge in [-0.15, -0.1) is 0 Å². The first-order valence-corrected chi connectivity index (χ1v) is 6.58. The summed E-state index contributed by atoms with van der Waals surface area (Å²) in [6.07, 6.45) is 0.553. The van der Waals surface area contributed by atoms with Crippen LogP contribution in [-0.2, 0) is 9.53 Å². The van der Waals surface area contributed by atoms with Crippen LogP contribution >= 0.6 is 0 Å². The maximum Gasteiger partial charge on any atom is 0.238 e. The second kappa shape index (κ2) is 6.63. The Balaban J connectivity index is 2.00. The van der Waals surface area contributed by atoms with E-state index in [1.54, 1.807) is 11.0 Å². The van der Waals surface area contributed by atoms with Crippen LogP contribution in [0.1, 0.15) is 25.1 Å². The molecule has 1 fully saturated rings. The summed E-state index contributed by atoms with van der Waals surface area (Å²) in [5.41, 5.74) is 0.780. The summed E-state index contributed by atoms with van der Waals surface area (Å²) < 4.78 is 18.5. The maximum atomic E-state index is 13.2. The lowest BCUT2D eigenvalue weighted by Crippen LogP contribution is -2.31. The maximum absolute atomic E-state index is 13.2. The van der Waals surface area contributed by atoms with Crippen molar-refractivity contribution in [2.75, 3.05) is 26.3 Å². The molecule has 0 aromatic heterocycles. The minimum Gasteiger partial charge on any atom is -0.382 e. The minimum atomic E-state index is -0.284. The van der Waals surface area contributed by atoms with Crippen LogP contribution in [0.3, 0.4) is 0 Å². The summed E-state index contributed by atoms with van der Waals surface area (Å²) >= 11 is 0. The van der Waals surface area contributed by atoms with Crippen LogP contribution in [0.15, 0.2) is 24.3 Å². The van der Waals surface area contributed by atoms with Gasteiger partial charge in [-0.25, -0.2) is 4.39 Å². The third kappa shape index (κ3) is 3.52. The summed E-state index contributed by atoms with van der Waals surface area (Å²) in [5.74, 6) is -0.237. The highest BCUT2D eigenvalue weighted by atomic mass is 19.1. The Morgan fingerprint density at radius 1 is 1.53 bits per heavy atom. The predicted molar refractivity (Wildman–Crippen MR) is 70.0 cm³/mol. The fourth-order valence-corrected chi connectivity index (χ4v) is 2.25. The zero-order chi connectivity index (χ0) is 13.7. The number of benzene rings is 1. The zero-order valence-corrected chi connectivity index (χ0v) is 11.1. The van der Waals surface area contributed by atoms with Gasteiger partial charge in [0.2, 0.25) is 5.91 Å². The van der Waals surface area contributed by atoms with E-state index < -0.39 is 0 Å². The third-order valence-corrected chi connectivity index (χ3v) is 3.13. The van der Waals surface area contributed by atoms with E-state index in [0.29, 0.717) is 26.3 Å². The SMILES string of the molecule is CCOCCCN1C(=O)CNC1c1cccc(F)c1. The molecule has 1 atom stereocenters. The minimum absolute atomic E-state index is 0.0470. The molecule has 1 amide bonds. The number of rotatable bonds is 6. The number of carbonyl (C=O) groups is 1. The molecule has 0 saturated carbocycles. The van der Waals surface area contributed by atoms with Crippen LogP contribution in [-0.4, -0.2) is 37.1 Å². The van der Waals surface area contributed by atoms with Gasteiger partial charge in [0.05, 0.1) is 6.54 Å². The third-order valence-electron chi connectivity index (χ3n) is 3.13. The normalized spacial score (nSPS) is 19.2. The Bertz CT molecular complexity index is 439. The first-order valence-electron chi connectivity index (χ1n) is 6.58. The van der Waals surface area contributed by atoms with E-state index in [0.717, 1.165) is 12.0 Å². The lowest BCUT2D eigenvalue weighted by Gasteiger charge is -2.24. The van der Waals surface area contributed by atoms with E-state index in [2.05, 4.69) is 5.32 Å². The monoisotopic (exact) mass is 266 g/mol. The molecular formula is C14H19FN2O2. The van der Waals surface area contributed by atoms with Crippen molar-refractivity contribution in [3.8, 4) is 0 Å². The zero-order valence-electron chi connectivity index (χ0n) is 11.1. The van der Waals surface area contributed by atoms with Crippen LogP contribution < -0.4 is 5.32 Å². The van der Waals surface area contributed by atoms with Gasteiger partial charge >= 0.3 is 0 Å². The van der Waals surface area contributed by atoms with Crippen molar-refractivity contribution in [2.45, 2.75) is 19.5 Å². The highest BCUT2D eigenvalue weighted by Crippen LogP contribution is 2.23. The van der Waals surface area contributed by atoms with Crippen LogP contribution in [0.2, 0.25) is 0 Å². The predicted octanol–water partition coefficient (Wildman–Crippen LogP) is 1.68. The van der Waals surface area contributed by atoms with Crippen molar-refractivity contribution in [2.24, 2.45) is 0 Å². The summed E-state index contributed by atoms with van der Waals surface area (Å²) in [4.78, 5) is 13.6. The standard InChI is InChI=1S/C14H19FN2O2/c1-2-19-8-4-7-17-13(18)10-16-14(17)11-5-3-6-12(15)9-11/h3,5-6,9,14,16H,2,4,7-8,10H2,1H3. The molecule has 1 aromatic carbocycles. The fraction of sp³-hybridized carbons (Fsp3) is 0.500. The fourth-order valence-electron chi connectivity index (χ4n) is 2.25. The molecule has 0 radical (unpaired) electrons. The lowest BCUT2D eigenvalue weighted by atomic mass is 10.1. The summed E-state index contributed by atoms with van der Waals surface area (Å²) in [6.45, 7) is 4.18. The molecule has 0 aliphatic carbocycles. The average Bonchev–Trinajstić information content (AvgIpc) is 2.76. The summed E-state index contributed by atoms with van der Waals surface area (Å²) in [7, 11) is 0. The Hall–Kier alpha value is -1.46. The highest BCUT2D eigenvalue weighted by Gasteiger charge is 2.31. The summed E-state index contributed by atoms with van der Waals surface area (Å²) in [6, 6.07) is 6.36. The van der Waals surface area contributed by atoms with Gasteiger partial charge in [-0.3, -0.25) is 10.1 Å². The first-order chi connectivity index (χ1) is 9.22. The van der Waals surface area contributed by atoms with Gasteiger partial charge in [0.25, 0.3) is 0 Å². The largest absolute Gasteiger partial charge is 0.382 e. The van der Waals surface area contributed by atoms with Crippen molar-refractivity contribution in [3.05, 3.63) is 35.6 Å². The van der Waals surface area contributed by atoms with E-state index >= 15 is 0 Å². The molecule has 1 N–H and O–H groups in total. The van der Waals surface area contributed by atoms with Crippen LogP contribution in [0.25, 0.3) is 0 Å². The van der Waals surface area contributed by atoms with Crippen molar-refractivity contribution < 1.29 is 13.9 Å². The van der Waals surface area contributed by atoms with Gasteiger partial charge in [-0.2, -0.15) is 0 Å². The van der Waals surface area contributed by atoms with Gasteiger partial charge in [0.15, 0.2) is 0 Å². The Morgan fingerprint density at radius 3 is 3.11 bits per heavy atom. The van der Waals surface area contributed by atoms with Gasteiger partial charge in [-0.05, 0) is 31.0 Å². The molecule has 4 nitrogen and oxygen atoms in total. The van der Waals surface area contributed by atoms with Crippen molar-refractivity contribution in [1.29, 1.82) is 0 Å². The number of carbonyl (C=O) groups excluding carboxylic acids is 1. The Labute approximate surface area is 112 Å². The van der Waals surface area contributed by atoms with E-state index in [9.17, 15) is 9.18 Å². The highest BCUT2D eigenvalue weighted by molar-refractivity contribution is 5.80. The average molecular weight is 266 g/mol. The molecule has 2 rings (SSSR count). The molecular weight excluding hydrogens is 247 g/mol. The van der Waals surface area contributed by atoms with Gasteiger partial charge < -0.3 is 9.64 Å². The van der Waals surface area contributed by atoms with Crippen molar-refractivity contribution >= 4 is 5.91 Å². The van der Waals surface area contributed by atoms with Gasteiger partial charge in [0, 0.05) is 19.8 Å². The topological polar surface area (TPSA) is 41.6 Å². The van der Waals surface area contributed by atoms with Crippen LogP contribution in [0, 0.1) is 5.82 Å². The van der Waals surface area contributed by atoms with Crippen molar-refractivity contribution in [1.82, 2.24) is 10.2 Å². The second-order valence-electron chi connectivity index (χ2n) is 4.48. The number of hydrogen-bond acceptors (Lipinski definition) is 3. The Kier molecular flexibility index (Phi) is 4.87. The molecule has 1 aromatic rings. The first kappa shape index (κ1) is 14.0. The molecule has 1 unspecified atom stereocenters. The van der Waals surface area contributed by atoms with E-state index in [4.69, 9.17) is 4.74 Å². The molecule has 1 aliphatic rings. The molecule has 0 spiro atoms. The number of hydrogen-bond donors (Lipinski definition) is 1. The molecule has 19 heavy (non-hydrogen) atoms. The van der Waals surface area contributed by atoms with E-state index in [1.165, 1.54) is 12.1 Å². The quantitative estimate of drug-likeness (QED) is 0.797. The number of halogens is 1. The molecule has 1 heterocycles. The summed E-state index contributed by atoms with van der Waals surface area (Å²) in [5, 5.41) is 3.11. The van der Waals surface area contributed by atoms with E-state index in [1.807, 2.05) is 13.0 Å². The number of ether oxygens (including phenoxy) is 1. The lowest BCUT2D eigenvalue weighted by molar-refractivity contribution is -0.128. The molecule has 104 valence electrons. The number of amides is 1. The smallest absolute Gasteiger partial charge is 0.238 e. The molecule has 1 aliphatic heterocycles. The molecule has 0 bridgehead atoms. The second-order valence-corrected chi connectivity index (χ2v) is 4.48. The molecule has 1 saturated heterocycles. The molecule has 5 heteroatoms. The van der Waals surface area contributed by atoms with E-state index in [-0.39, 0.29) is 17.9 Å². The van der Waals surface area contributed by atoms with Gasteiger partial charge in [-0.1, -0.05) is 12.1 Å². The van der Waals surface area contributed by atoms with Crippen LogP contribution in [0.4, 0.5) is 4.39 Å².